The Morgan fingerprint density at radius 1 is 0.939 bits per heavy atom. The SMILES string of the molecule is CCOc1cc(CCNC(=O)C(=O)Nc2ccc(Cc3ccnc4cc(C5CC5CC5CCNCC5)c(OC)cc34)c(F)c2)ccc1OC. The van der Waals surface area contributed by atoms with E-state index in [1.807, 2.05) is 31.2 Å². The summed E-state index contributed by atoms with van der Waals surface area (Å²) < 4.78 is 32.1. The van der Waals surface area contributed by atoms with Crippen LogP contribution in [0.5, 0.6) is 17.2 Å². The summed E-state index contributed by atoms with van der Waals surface area (Å²) in [6.07, 6.45) is 7.55. The van der Waals surface area contributed by atoms with Gasteiger partial charge in [0.25, 0.3) is 0 Å². The highest BCUT2D eigenvalue weighted by Gasteiger charge is 2.41. The van der Waals surface area contributed by atoms with Crippen LogP contribution in [0.4, 0.5) is 10.1 Å². The molecule has 0 bridgehead atoms. The van der Waals surface area contributed by atoms with Gasteiger partial charge in [0.15, 0.2) is 11.5 Å². The van der Waals surface area contributed by atoms with E-state index in [1.165, 1.54) is 37.3 Å². The molecule has 1 aliphatic carbocycles. The lowest BCUT2D eigenvalue weighted by Crippen LogP contribution is -2.36. The molecule has 3 aromatic carbocycles. The van der Waals surface area contributed by atoms with Crippen molar-refractivity contribution in [1.29, 1.82) is 0 Å². The average molecular weight is 669 g/mol. The van der Waals surface area contributed by atoms with Gasteiger partial charge in [-0.2, -0.15) is 0 Å². The fraction of sp³-hybridized carbons (Fsp3) is 0.410. The standard InChI is InChI=1S/C39H45FN4O5/c1-4-49-37-18-24(5-8-35(37)47-2)11-15-43-38(45)39(46)44-29-7-6-27(33(40)21-29)19-26-12-16-42-34-22-32(36(48-3)23-31(26)34)30-20-28(30)17-25-9-13-41-14-10-25/h5-8,12,16,18,21-23,25,28,30,41H,4,9-11,13-15,17,19-20H2,1-3H3,(H,43,45)(H,44,46). The first-order valence-corrected chi connectivity index (χ1v) is 17.2. The third-order valence-corrected chi connectivity index (χ3v) is 9.73. The minimum absolute atomic E-state index is 0.201. The molecule has 0 radical (unpaired) electrons. The zero-order valence-electron chi connectivity index (χ0n) is 28.4. The second-order valence-corrected chi connectivity index (χ2v) is 13.0. The van der Waals surface area contributed by atoms with Crippen molar-refractivity contribution in [2.24, 2.45) is 11.8 Å². The lowest BCUT2D eigenvalue weighted by molar-refractivity contribution is -0.136. The molecule has 4 aromatic rings. The molecule has 258 valence electrons. The van der Waals surface area contributed by atoms with Gasteiger partial charge in [-0.25, -0.2) is 4.39 Å². The number of amides is 2. The van der Waals surface area contributed by atoms with Gasteiger partial charge >= 0.3 is 11.8 Å². The molecular weight excluding hydrogens is 623 g/mol. The lowest BCUT2D eigenvalue weighted by Gasteiger charge is -2.22. The molecule has 1 saturated carbocycles. The van der Waals surface area contributed by atoms with Gasteiger partial charge in [-0.3, -0.25) is 14.6 Å². The number of rotatable bonds is 13. The number of fused-ring (bicyclic) bond motifs is 1. The number of piperidine rings is 1. The van der Waals surface area contributed by atoms with E-state index in [0.717, 1.165) is 46.8 Å². The third-order valence-electron chi connectivity index (χ3n) is 9.73. The van der Waals surface area contributed by atoms with Gasteiger partial charge in [0.2, 0.25) is 0 Å². The molecule has 6 rings (SSSR count). The smallest absolute Gasteiger partial charge is 0.313 e. The highest BCUT2D eigenvalue weighted by molar-refractivity contribution is 6.39. The van der Waals surface area contributed by atoms with E-state index in [9.17, 15) is 9.59 Å². The van der Waals surface area contributed by atoms with E-state index < -0.39 is 17.6 Å². The second-order valence-electron chi connectivity index (χ2n) is 13.0. The maximum atomic E-state index is 15.4. The number of methoxy groups -OCH3 is 2. The van der Waals surface area contributed by atoms with Crippen molar-refractivity contribution >= 4 is 28.4 Å². The molecule has 2 atom stereocenters. The van der Waals surface area contributed by atoms with E-state index in [1.54, 1.807) is 38.6 Å². The number of nitrogens with zero attached hydrogens (tertiary/aromatic N) is 1. The molecule has 1 aliphatic heterocycles. The van der Waals surface area contributed by atoms with Crippen LogP contribution in [-0.4, -0.2) is 57.3 Å². The van der Waals surface area contributed by atoms with Crippen LogP contribution in [0.2, 0.25) is 0 Å². The van der Waals surface area contributed by atoms with Crippen molar-refractivity contribution in [1.82, 2.24) is 15.6 Å². The molecule has 2 aliphatic rings. The van der Waals surface area contributed by atoms with Crippen molar-refractivity contribution in [3.05, 3.63) is 88.9 Å². The van der Waals surface area contributed by atoms with Crippen molar-refractivity contribution in [2.45, 2.75) is 51.4 Å². The number of pyridine rings is 1. The number of hydrogen-bond acceptors (Lipinski definition) is 7. The highest BCUT2D eigenvalue weighted by atomic mass is 19.1. The minimum atomic E-state index is -0.867. The fourth-order valence-electron chi connectivity index (χ4n) is 7.01. The summed E-state index contributed by atoms with van der Waals surface area (Å²) in [4.78, 5) is 29.7. The van der Waals surface area contributed by atoms with Gasteiger partial charge in [0.1, 0.15) is 11.6 Å². The minimum Gasteiger partial charge on any atom is -0.496 e. The summed E-state index contributed by atoms with van der Waals surface area (Å²) in [6.45, 7) is 4.86. The monoisotopic (exact) mass is 668 g/mol. The number of benzene rings is 3. The molecule has 9 nitrogen and oxygen atoms in total. The number of aromatic nitrogens is 1. The Morgan fingerprint density at radius 3 is 2.51 bits per heavy atom. The van der Waals surface area contributed by atoms with Crippen LogP contribution in [0.3, 0.4) is 0 Å². The maximum Gasteiger partial charge on any atom is 0.313 e. The summed E-state index contributed by atoms with van der Waals surface area (Å²) in [6, 6.07) is 16.1. The van der Waals surface area contributed by atoms with E-state index in [2.05, 4.69) is 27.0 Å². The number of hydrogen-bond donors (Lipinski definition) is 3. The fourth-order valence-corrected chi connectivity index (χ4v) is 7.01. The topological polar surface area (TPSA) is 111 Å². The Kier molecular flexibility index (Phi) is 10.9. The van der Waals surface area contributed by atoms with Crippen molar-refractivity contribution in [2.75, 3.05) is 45.8 Å². The Bertz CT molecular complexity index is 1810. The molecule has 3 N–H and O–H groups in total. The summed E-state index contributed by atoms with van der Waals surface area (Å²) in [7, 11) is 3.28. The van der Waals surface area contributed by atoms with Crippen molar-refractivity contribution in [3.8, 4) is 17.2 Å². The van der Waals surface area contributed by atoms with E-state index in [-0.39, 0.29) is 12.2 Å². The van der Waals surface area contributed by atoms with Gasteiger partial charge in [0.05, 0.1) is 26.3 Å². The van der Waals surface area contributed by atoms with Crippen LogP contribution in [0.1, 0.15) is 60.8 Å². The van der Waals surface area contributed by atoms with Crippen LogP contribution >= 0.6 is 0 Å². The molecule has 1 saturated heterocycles. The van der Waals surface area contributed by atoms with Crippen molar-refractivity contribution in [3.63, 3.8) is 0 Å². The summed E-state index contributed by atoms with van der Waals surface area (Å²) in [5.74, 6) is 1.93. The summed E-state index contributed by atoms with van der Waals surface area (Å²) >= 11 is 0. The zero-order valence-corrected chi connectivity index (χ0v) is 28.4. The molecule has 2 amide bonds. The predicted octanol–water partition coefficient (Wildman–Crippen LogP) is 6.17. The average Bonchev–Trinajstić information content (AvgIpc) is 3.88. The molecule has 49 heavy (non-hydrogen) atoms. The number of nitrogens with one attached hydrogen (secondary N) is 3. The number of halogens is 1. The van der Waals surface area contributed by atoms with Crippen LogP contribution in [0.25, 0.3) is 10.9 Å². The van der Waals surface area contributed by atoms with Gasteiger partial charge in [-0.1, -0.05) is 12.1 Å². The molecule has 1 aromatic heterocycles. The predicted molar refractivity (Wildman–Crippen MR) is 188 cm³/mol. The Hall–Kier alpha value is -4.70. The largest absolute Gasteiger partial charge is 0.496 e. The van der Waals surface area contributed by atoms with E-state index >= 15 is 4.39 Å². The number of anilines is 1. The lowest BCUT2D eigenvalue weighted by atomic mass is 9.91. The Morgan fingerprint density at radius 2 is 1.76 bits per heavy atom. The number of carbonyl (C=O) groups is 2. The van der Waals surface area contributed by atoms with Gasteiger partial charge in [0, 0.05) is 30.2 Å². The van der Waals surface area contributed by atoms with Crippen LogP contribution in [0, 0.1) is 17.7 Å². The normalized spacial score (nSPS) is 17.4. The zero-order chi connectivity index (χ0) is 34.3. The summed E-state index contributed by atoms with van der Waals surface area (Å²) in [5.41, 5.74) is 4.60. The van der Waals surface area contributed by atoms with Gasteiger partial charge in [-0.15, -0.1) is 0 Å². The number of carbonyl (C=O) groups excluding carboxylic acids is 2. The molecule has 2 heterocycles. The van der Waals surface area contributed by atoms with Crippen LogP contribution < -0.4 is 30.2 Å². The van der Waals surface area contributed by atoms with Gasteiger partial charge in [-0.05, 0) is 135 Å². The second kappa shape index (κ2) is 15.7. The van der Waals surface area contributed by atoms with Crippen LogP contribution in [-0.2, 0) is 22.4 Å². The number of ether oxygens (including phenoxy) is 3. The molecule has 2 unspecified atom stereocenters. The first-order chi connectivity index (χ1) is 23.9. The maximum absolute atomic E-state index is 15.4. The highest BCUT2D eigenvalue weighted by Crippen LogP contribution is 2.54. The molecule has 10 heteroatoms. The Labute approximate surface area is 286 Å². The van der Waals surface area contributed by atoms with Gasteiger partial charge < -0.3 is 30.2 Å². The Balaban J connectivity index is 1.06. The molecule has 0 spiro atoms. The van der Waals surface area contributed by atoms with E-state index in [4.69, 9.17) is 14.2 Å². The summed E-state index contributed by atoms with van der Waals surface area (Å²) in [5, 5.41) is 9.50. The van der Waals surface area contributed by atoms with E-state index in [0.29, 0.717) is 48.3 Å². The quantitative estimate of drug-likeness (QED) is 0.146. The van der Waals surface area contributed by atoms with Crippen LogP contribution in [0.15, 0.2) is 60.8 Å². The molecule has 2 fully saturated rings. The third kappa shape index (κ3) is 8.31. The molecular formula is C39H45FN4O5. The first-order valence-electron chi connectivity index (χ1n) is 17.2. The van der Waals surface area contributed by atoms with Crippen molar-refractivity contribution < 1.29 is 28.2 Å². The first kappa shape index (κ1) is 34.2.